The van der Waals surface area contributed by atoms with E-state index in [-0.39, 0.29) is 12.4 Å². The van der Waals surface area contributed by atoms with Crippen LogP contribution >= 0.6 is 0 Å². The highest BCUT2D eigenvalue weighted by Gasteiger charge is 2.15. The van der Waals surface area contributed by atoms with Crippen LogP contribution in [-0.4, -0.2) is 41.6 Å². The SMILES string of the molecule is CCC(CC(=N)N)N(CC)CCO. The van der Waals surface area contributed by atoms with Gasteiger partial charge in [0.25, 0.3) is 0 Å². The van der Waals surface area contributed by atoms with Crippen molar-refractivity contribution in [2.24, 2.45) is 5.73 Å². The van der Waals surface area contributed by atoms with Gasteiger partial charge in [-0.05, 0) is 13.0 Å². The van der Waals surface area contributed by atoms with Crippen LogP contribution in [0.5, 0.6) is 0 Å². The van der Waals surface area contributed by atoms with Crippen molar-refractivity contribution in [2.75, 3.05) is 19.7 Å². The molecule has 0 aliphatic heterocycles. The number of hydrogen-bond acceptors (Lipinski definition) is 3. The Hall–Kier alpha value is -0.610. The summed E-state index contributed by atoms with van der Waals surface area (Å²) in [7, 11) is 0. The molecule has 4 N–H and O–H groups in total. The maximum atomic E-state index is 8.82. The van der Waals surface area contributed by atoms with E-state index in [1.165, 1.54) is 0 Å². The van der Waals surface area contributed by atoms with Crippen LogP contribution < -0.4 is 5.73 Å². The second-order valence-electron chi connectivity index (χ2n) is 3.14. The van der Waals surface area contributed by atoms with E-state index in [2.05, 4.69) is 18.7 Å². The van der Waals surface area contributed by atoms with Gasteiger partial charge < -0.3 is 10.8 Å². The molecule has 0 heterocycles. The predicted octanol–water partition coefficient (Wildman–Crippen LogP) is 0.405. The lowest BCUT2D eigenvalue weighted by atomic mass is 10.1. The molecule has 4 nitrogen and oxygen atoms in total. The minimum Gasteiger partial charge on any atom is -0.395 e. The molecule has 0 aromatic heterocycles. The van der Waals surface area contributed by atoms with Crippen LogP contribution in [0.15, 0.2) is 0 Å². The first kappa shape index (κ1) is 12.4. The first-order valence-electron chi connectivity index (χ1n) is 4.83. The van der Waals surface area contributed by atoms with Crippen LogP contribution in [-0.2, 0) is 0 Å². The molecule has 13 heavy (non-hydrogen) atoms. The smallest absolute Gasteiger partial charge is 0.0921 e. The fraction of sp³-hybridized carbons (Fsp3) is 0.889. The van der Waals surface area contributed by atoms with E-state index in [0.29, 0.717) is 19.0 Å². The van der Waals surface area contributed by atoms with Gasteiger partial charge in [-0.25, -0.2) is 0 Å². The van der Waals surface area contributed by atoms with E-state index >= 15 is 0 Å². The minimum atomic E-state index is 0.169. The van der Waals surface area contributed by atoms with Crippen LogP contribution in [0.25, 0.3) is 0 Å². The molecule has 0 radical (unpaired) electrons. The van der Waals surface area contributed by atoms with Crippen LogP contribution in [0.4, 0.5) is 0 Å². The molecule has 0 aromatic rings. The van der Waals surface area contributed by atoms with Crippen molar-refractivity contribution in [3.8, 4) is 0 Å². The van der Waals surface area contributed by atoms with Crippen LogP contribution in [0.1, 0.15) is 26.7 Å². The summed E-state index contributed by atoms with van der Waals surface area (Å²) in [5.74, 6) is 0.225. The molecule has 1 unspecified atom stereocenters. The van der Waals surface area contributed by atoms with Gasteiger partial charge in [0, 0.05) is 19.0 Å². The largest absolute Gasteiger partial charge is 0.395 e. The number of likely N-dealkylation sites (N-methyl/N-ethyl adjacent to an activating group) is 1. The molecule has 0 amide bonds. The molecular formula is C9H21N3O. The quantitative estimate of drug-likeness (QED) is 0.399. The summed E-state index contributed by atoms with van der Waals surface area (Å²) in [5, 5.41) is 16.0. The monoisotopic (exact) mass is 187 g/mol. The highest BCUT2D eigenvalue weighted by molar-refractivity contribution is 5.77. The van der Waals surface area contributed by atoms with Gasteiger partial charge in [0.05, 0.1) is 12.4 Å². The van der Waals surface area contributed by atoms with Gasteiger partial charge in [0.1, 0.15) is 0 Å². The van der Waals surface area contributed by atoms with Gasteiger partial charge in [-0.2, -0.15) is 0 Å². The molecule has 0 fully saturated rings. The Bertz CT molecular complexity index is 150. The van der Waals surface area contributed by atoms with E-state index in [0.717, 1.165) is 13.0 Å². The zero-order chi connectivity index (χ0) is 10.3. The van der Waals surface area contributed by atoms with Gasteiger partial charge in [-0.15, -0.1) is 0 Å². The Balaban J connectivity index is 4.07. The van der Waals surface area contributed by atoms with Crippen molar-refractivity contribution < 1.29 is 5.11 Å². The molecule has 0 saturated carbocycles. The summed E-state index contributed by atoms with van der Waals surface area (Å²) in [4.78, 5) is 2.15. The Morgan fingerprint density at radius 1 is 1.54 bits per heavy atom. The number of aliphatic hydroxyl groups excluding tert-OH is 1. The molecule has 0 aliphatic carbocycles. The van der Waals surface area contributed by atoms with Crippen molar-refractivity contribution in [3.05, 3.63) is 0 Å². The van der Waals surface area contributed by atoms with Crippen molar-refractivity contribution >= 4 is 5.84 Å². The molecule has 0 rings (SSSR count). The van der Waals surface area contributed by atoms with Crippen LogP contribution in [0, 0.1) is 5.41 Å². The third-order valence-corrected chi connectivity index (χ3v) is 2.24. The summed E-state index contributed by atoms with van der Waals surface area (Å²) in [5.41, 5.74) is 5.35. The number of rotatable bonds is 7. The van der Waals surface area contributed by atoms with E-state index in [1.807, 2.05) is 0 Å². The number of nitrogens with one attached hydrogen (secondary N) is 1. The van der Waals surface area contributed by atoms with E-state index in [9.17, 15) is 0 Å². The molecule has 0 aliphatic rings. The first-order valence-corrected chi connectivity index (χ1v) is 4.83. The zero-order valence-electron chi connectivity index (χ0n) is 8.58. The molecule has 0 bridgehead atoms. The third-order valence-electron chi connectivity index (χ3n) is 2.24. The topological polar surface area (TPSA) is 73.3 Å². The maximum absolute atomic E-state index is 8.82. The standard InChI is InChI=1S/C9H21N3O/c1-3-8(7-9(10)11)12(4-2)5-6-13/h8,13H,3-7H2,1-2H3,(H3,10,11). The third kappa shape index (κ3) is 4.85. The number of hydrogen-bond donors (Lipinski definition) is 3. The van der Waals surface area contributed by atoms with Gasteiger partial charge in [0.15, 0.2) is 0 Å². The Morgan fingerprint density at radius 2 is 2.15 bits per heavy atom. The Morgan fingerprint density at radius 3 is 2.46 bits per heavy atom. The number of amidine groups is 1. The molecule has 0 spiro atoms. The fourth-order valence-electron chi connectivity index (χ4n) is 1.51. The second kappa shape index (κ2) is 6.86. The maximum Gasteiger partial charge on any atom is 0.0921 e. The van der Waals surface area contributed by atoms with Gasteiger partial charge in [0.2, 0.25) is 0 Å². The summed E-state index contributed by atoms with van der Waals surface area (Å²) < 4.78 is 0. The predicted molar refractivity (Wildman–Crippen MR) is 54.9 cm³/mol. The van der Waals surface area contributed by atoms with E-state index in [1.54, 1.807) is 0 Å². The summed E-state index contributed by atoms with van der Waals surface area (Å²) in [6.07, 6.45) is 1.57. The minimum absolute atomic E-state index is 0.169. The van der Waals surface area contributed by atoms with Crippen LogP contribution in [0.3, 0.4) is 0 Å². The van der Waals surface area contributed by atoms with Crippen molar-refractivity contribution in [3.63, 3.8) is 0 Å². The average Bonchev–Trinajstić information content (AvgIpc) is 2.10. The van der Waals surface area contributed by atoms with Crippen molar-refractivity contribution in [1.29, 1.82) is 5.41 Å². The lowest BCUT2D eigenvalue weighted by Crippen LogP contribution is -2.39. The summed E-state index contributed by atoms with van der Waals surface area (Å²) in [6, 6.07) is 0.301. The van der Waals surface area contributed by atoms with Crippen molar-refractivity contribution in [1.82, 2.24) is 4.90 Å². The summed E-state index contributed by atoms with van der Waals surface area (Å²) in [6.45, 7) is 5.86. The second-order valence-corrected chi connectivity index (χ2v) is 3.14. The molecule has 0 saturated heterocycles. The van der Waals surface area contributed by atoms with Crippen molar-refractivity contribution in [2.45, 2.75) is 32.7 Å². The molecule has 78 valence electrons. The van der Waals surface area contributed by atoms with E-state index < -0.39 is 0 Å². The van der Waals surface area contributed by atoms with Crippen LogP contribution in [0.2, 0.25) is 0 Å². The number of aliphatic hydroxyl groups is 1. The van der Waals surface area contributed by atoms with E-state index in [4.69, 9.17) is 16.2 Å². The lowest BCUT2D eigenvalue weighted by Gasteiger charge is -2.28. The fourth-order valence-corrected chi connectivity index (χ4v) is 1.51. The summed E-state index contributed by atoms with van der Waals surface area (Å²) >= 11 is 0. The average molecular weight is 187 g/mol. The Kier molecular flexibility index (Phi) is 6.54. The molecular weight excluding hydrogens is 166 g/mol. The number of nitrogens with two attached hydrogens (primary N) is 1. The normalized spacial score (nSPS) is 13.2. The first-order chi connectivity index (χ1) is 6.15. The Labute approximate surface area is 80.2 Å². The van der Waals surface area contributed by atoms with Gasteiger partial charge in [-0.1, -0.05) is 13.8 Å². The van der Waals surface area contributed by atoms with Gasteiger partial charge >= 0.3 is 0 Å². The zero-order valence-corrected chi connectivity index (χ0v) is 8.58. The molecule has 0 aromatic carbocycles. The molecule has 4 heteroatoms. The number of nitrogens with zero attached hydrogens (tertiary/aromatic N) is 1. The highest BCUT2D eigenvalue weighted by atomic mass is 16.3. The molecule has 1 atom stereocenters. The highest BCUT2D eigenvalue weighted by Crippen LogP contribution is 2.07. The lowest BCUT2D eigenvalue weighted by molar-refractivity contribution is 0.156. The van der Waals surface area contributed by atoms with Gasteiger partial charge in [-0.3, -0.25) is 10.3 Å².